The zero-order valence-electron chi connectivity index (χ0n) is 19.2. The number of amides is 1. The number of rotatable bonds is 7. The molecule has 1 rings (SSSR count). The van der Waals surface area contributed by atoms with E-state index in [1.54, 1.807) is 4.90 Å². The van der Waals surface area contributed by atoms with E-state index in [-0.39, 0.29) is 24.0 Å². The molecule has 0 aromatic rings. The van der Waals surface area contributed by atoms with Crippen molar-refractivity contribution in [3.05, 3.63) is 0 Å². The van der Waals surface area contributed by atoms with Crippen molar-refractivity contribution in [2.24, 2.45) is 5.92 Å². The molecule has 1 N–H and O–H groups in total. The molecule has 7 heteroatoms. The third-order valence-electron chi connectivity index (χ3n) is 4.44. The van der Waals surface area contributed by atoms with Crippen LogP contribution in [0.1, 0.15) is 74.7 Å². The van der Waals surface area contributed by atoms with E-state index in [4.69, 9.17) is 14.2 Å². The van der Waals surface area contributed by atoms with Crippen molar-refractivity contribution >= 4 is 12.1 Å². The fourth-order valence-corrected chi connectivity index (χ4v) is 3.43. The Balaban J connectivity index is 2.78. The normalized spacial score (nSPS) is 20.8. The Morgan fingerprint density at radius 1 is 1.14 bits per heavy atom. The van der Waals surface area contributed by atoms with Gasteiger partial charge < -0.3 is 19.5 Å². The van der Waals surface area contributed by atoms with Crippen molar-refractivity contribution < 1.29 is 23.8 Å². The maximum atomic E-state index is 12.8. The number of nitrogens with one attached hydrogen (secondary N) is 1. The lowest BCUT2D eigenvalue weighted by Gasteiger charge is -2.36. The Morgan fingerprint density at radius 2 is 1.71 bits per heavy atom. The van der Waals surface area contributed by atoms with Crippen LogP contribution in [-0.4, -0.2) is 60.1 Å². The van der Waals surface area contributed by atoms with Gasteiger partial charge in [0, 0.05) is 6.42 Å². The number of hydrogen-bond acceptors (Lipinski definition) is 6. The summed E-state index contributed by atoms with van der Waals surface area (Å²) in [4.78, 5) is 26.6. The molecular formula is C21H40N2O5. The van der Waals surface area contributed by atoms with Gasteiger partial charge in [0.2, 0.25) is 0 Å². The zero-order valence-corrected chi connectivity index (χ0v) is 19.2. The first kappa shape index (κ1) is 24.7. The van der Waals surface area contributed by atoms with Gasteiger partial charge in [-0.2, -0.15) is 0 Å². The molecule has 0 aromatic carbocycles. The van der Waals surface area contributed by atoms with Gasteiger partial charge in [-0.1, -0.05) is 0 Å². The molecule has 0 aromatic heterocycles. The average Bonchev–Trinajstić information content (AvgIpc) is 2.76. The van der Waals surface area contributed by atoms with E-state index < -0.39 is 16.9 Å². The summed E-state index contributed by atoms with van der Waals surface area (Å²) in [5.74, 6) is 0.0190. The van der Waals surface area contributed by atoms with Crippen LogP contribution in [-0.2, 0) is 19.0 Å². The molecule has 1 saturated heterocycles. The Morgan fingerprint density at radius 3 is 2.21 bits per heavy atom. The van der Waals surface area contributed by atoms with Gasteiger partial charge in [-0.05, 0) is 87.7 Å². The van der Waals surface area contributed by atoms with Gasteiger partial charge in [0.25, 0.3) is 0 Å². The first-order valence-corrected chi connectivity index (χ1v) is 10.2. The second-order valence-corrected chi connectivity index (χ2v) is 10.0. The van der Waals surface area contributed by atoms with E-state index in [2.05, 4.69) is 5.32 Å². The van der Waals surface area contributed by atoms with Crippen molar-refractivity contribution in [3.63, 3.8) is 0 Å². The second-order valence-electron chi connectivity index (χ2n) is 10.0. The number of nitrogens with zero attached hydrogens (tertiary/aromatic N) is 1. The lowest BCUT2D eigenvalue weighted by atomic mass is 9.94. The molecule has 1 unspecified atom stereocenters. The standard InChI is InChI=1S/C21H40N2O5/c1-19(2,3)27-17(24)11-10-15(13-22-9)12-16-14-26-21(7,8)23(16)18(25)28-20(4,5)6/h15-16,22H,10-14H2,1-9H3/t15-,16?/m1/s1. The van der Waals surface area contributed by atoms with Crippen LogP contribution in [0.25, 0.3) is 0 Å². The summed E-state index contributed by atoms with van der Waals surface area (Å²) in [5.41, 5.74) is -1.77. The van der Waals surface area contributed by atoms with Crippen LogP contribution < -0.4 is 5.32 Å². The summed E-state index contributed by atoms with van der Waals surface area (Å²) >= 11 is 0. The van der Waals surface area contributed by atoms with E-state index in [1.807, 2.05) is 62.4 Å². The van der Waals surface area contributed by atoms with Crippen molar-refractivity contribution in [1.82, 2.24) is 10.2 Å². The van der Waals surface area contributed by atoms with E-state index in [1.165, 1.54) is 0 Å². The molecule has 7 nitrogen and oxygen atoms in total. The molecule has 1 heterocycles. The van der Waals surface area contributed by atoms with Crippen LogP contribution in [0.15, 0.2) is 0 Å². The topological polar surface area (TPSA) is 77.1 Å². The first-order valence-electron chi connectivity index (χ1n) is 10.2. The number of carbonyl (C=O) groups excluding carboxylic acids is 2. The SMILES string of the molecule is CNC[C@H](CCC(=O)OC(C)(C)C)CC1COC(C)(C)N1C(=O)OC(C)(C)C. The summed E-state index contributed by atoms with van der Waals surface area (Å²) in [7, 11) is 1.89. The predicted octanol–water partition coefficient (Wildman–Crippen LogP) is 3.71. The van der Waals surface area contributed by atoms with Crippen molar-refractivity contribution in [2.75, 3.05) is 20.2 Å². The van der Waals surface area contributed by atoms with Crippen LogP contribution in [0, 0.1) is 5.92 Å². The highest BCUT2D eigenvalue weighted by Crippen LogP contribution is 2.33. The Hall–Kier alpha value is -1.34. The van der Waals surface area contributed by atoms with E-state index in [0.29, 0.717) is 19.4 Å². The van der Waals surface area contributed by atoms with Gasteiger partial charge in [-0.3, -0.25) is 9.69 Å². The molecule has 0 bridgehead atoms. The largest absolute Gasteiger partial charge is 0.460 e. The quantitative estimate of drug-likeness (QED) is 0.657. The van der Waals surface area contributed by atoms with E-state index in [0.717, 1.165) is 13.0 Å². The molecule has 1 aliphatic heterocycles. The molecule has 164 valence electrons. The van der Waals surface area contributed by atoms with Crippen LogP contribution in [0.3, 0.4) is 0 Å². The monoisotopic (exact) mass is 400 g/mol. The summed E-state index contributed by atoms with van der Waals surface area (Å²) in [5, 5.41) is 3.19. The number of carbonyl (C=O) groups is 2. The predicted molar refractivity (Wildman–Crippen MR) is 109 cm³/mol. The molecule has 1 amide bonds. The lowest BCUT2D eigenvalue weighted by Crippen LogP contribution is -2.50. The van der Waals surface area contributed by atoms with Crippen LogP contribution in [0.5, 0.6) is 0 Å². The van der Waals surface area contributed by atoms with Gasteiger partial charge in [0.05, 0.1) is 12.6 Å². The highest BCUT2D eigenvalue weighted by Gasteiger charge is 2.46. The van der Waals surface area contributed by atoms with Crippen molar-refractivity contribution in [1.29, 1.82) is 0 Å². The fraction of sp³-hybridized carbons (Fsp3) is 0.905. The Labute approximate surface area is 170 Å². The maximum absolute atomic E-state index is 12.8. The minimum Gasteiger partial charge on any atom is -0.460 e. The van der Waals surface area contributed by atoms with E-state index >= 15 is 0 Å². The van der Waals surface area contributed by atoms with Gasteiger partial charge in [-0.25, -0.2) is 4.79 Å². The molecule has 0 saturated carbocycles. The summed E-state index contributed by atoms with van der Waals surface area (Å²) in [6.07, 6.45) is 1.41. The zero-order chi connectivity index (χ0) is 21.8. The highest BCUT2D eigenvalue weighted by atomic mass is 16.6. The van der Waals surface area contributed by atoms with Crippen LogP contribution in [0.2, 0.25) is 0 Å². The number of hydrogen-bond donors (Lipinski definition) is 1. The number of esters is 1. The molecule has 0 spiro atoms. The summed E-state index contributed by atoms with van der Waals surface area (Å²) in [6.45, 7) is 16.1. The minimum atomic E-state index is -0.720. The van der Waals surface area contributed by atoms with Crippen molar-refractivity contribution in [2.45, 2.75) is 97.6 Å². The number of ether oxygens (including phenoxy) is 3. The lowest BCUT2D eigenvalue weighted by molar-refractivity contribution is -0.155. The minimum absolute atomic E-state index is 0.0955. The third kappa shape index (κ3) is 8.35. The fourth-order valence-electron chi connectivity index (χ4n) is 3.43. The summed E-state index contributed by atoms with van der Waals surface area (Å²) in [6, 6.07) is -0.0955. The Kier molecular flexibility index (Phi) is 8.33. The van der Waals surface area contributed by atoms with Crippen LogP contribution >= 0.6 is 0 Å². The molecule has 1 fully saturated rings. The van der Waals surface area contributed by atoms with Gasteiger partial charge in [0.1, 0.15) is 16.9 Å². The Bertz CT molecular complexity index is 534. The third-order valence-corrected chi connectivity index (χ3v) is 4.44. The molecule has 0 radical (unpaired) electrons. The highest BCUT2D eigenvalue weighted by molar-refractivity contribution is 5.70. The molecule has 0 aliphatic carbocycles. The molecule has 1 aliphatic rings. The summed E-state index contributed by atoms with van der Waals surface area (Å²) < 4.78 is 16.9. The second kappa shape index (κ2) is 9.44. The molecular weight excluding hydrogens is 360 g/mol. The smallest absolute Gasteiger partial charge is 0.412 e. The van der Waals surface area contributed by atoms with E-state index in [9.17, 15) is 9.59 Å². The van der Waals surface area contributed by atoms with Gasteiger partial charge in [-0.15, -0.1) is 0 Å². The first-order chi connectivity index (χ1) is 12.6. The average molecular weight is 401 g/mol. The maximum Gasteiger partial charge on any atom is 0.412 e. The van der Waals surface area contributed by atoms with Crippen molar-refractivity contribution in [3.8, 4) is 0 Å². The van der Waals surface area contributed by atoms with Gasteiger partial charge >= 0.3 is 12.1 Å². The van der Waals surface area contributed by atoms with Gasteiger partial charge in [0.15, 0.2) is 0 Å². The molecule has 2 atom stereocenters. The van der Waals surface area contributed by atoms with Crippen LogP contribution in [0.4, 0.5) is 4.79 Å². The molecule has 28 heavy (non-hydrogen) atoms.